The molecule has 3 aromatic carbocycles. The van der Waals surface area contributed by atoms with Crippen LogP contribution in [0.4, 0.5) is 15.5 Å². The molecular weight excluding hydrogens is 698 g/mol. The molecule has 3 aliphatic rings. The highest BCUT2D eigenvalue weighted by Crippen LogP contribution is 2.60. The van der Waals surface area contributed by atoms with Gasteiger partial charge in [0.05, 0.1) is 50.1 Å². The number of nitrogens with zero attached hydrogens (tertiary/aromatic N) is 5. The van der Waals surface area contributed by atoms with Gasteiger partial charge in [0.25, 0.3) is 5.91 Å². The predicted octanol–water partition coefficient (Wildman–Crippen LogP) is 5.45. The van der Waals surface area contributed by atoms with E-state index in [0.29, 0.717) is 41.3 Å². The highest BCUT2D eigenvalue weighted by Gasteiger charge is 2.66. The Morgan fingerprint density at radius 3 is 2.49 bits per heavy atom. The first-order chi connectivity index (χ1) is 25.3. The lowest BCUT2D eigenvalue weighted by molar-refractivity contribution is -0.154. The molecule has 0 saturated carbocycles. The normalized spacial score (nSPS) is 24.4. The van der Waals surface area contributed by atoms with E-state index in [0.717, 1.165) is 11.1 Å². The van der Waals surface area contributed by atoms with E-state index in [1.807, 2.05) is 61.5 Å². The van der Waals surface area contributed by atoms with Crippen molar-refractivity contribution in [2.45, 2.75) is 82.3 Å². The number of aliphatic hydroxyl groups excluding tert-OH is 1. The number of benzene rings is 3. The van der Waals surface area contributed by atoms with Crippen LogP contribution in [0.2, 0.25) is 18.6 Å². The van der Waals surface area contributed by atoms with Crippen LogP contribution in [0.3, 0.4) is 0 Å². The van der Waals surface area contributed by atoms with Crippen LogP contribution in [0.5, 0.6) is 5.75 Å². The van der Waals surface area contributed by atoms with Crippen molar-refractivity contribution in [3.05, 3.63) is 101 Å². The lowest BCUT2D eigenvalue weighted by Gasteiger charge is -2.39. The van der Waals surface area contributed by atoms with Crippen molar-refractivity contribution in [3.8, 4) is 5.75 Å². The quantitative estimate of drug-likeness (QED) is 0.0871. The molecule has 6 atom stereocenters. The van der Waals surface area contributed by atoms with Gasteiger partial charge in [0, 0.05) is 42.4 Å². The number of aryl methyl sites for hydroxylation is 1. The fourth-order valence-electron chi connectivity index (χ4n) is 8.41. The average Bonchev–Trinajstić information content (AvgIpc) is 3.78. The van der Waals surface area contributed by atoms with Crippen LogP contribution in [0.1, 0.15) is 55.0 Å². The predicted molar refractivity (Wildman–Crippen MR) is 196 cm³/mol. The molecule has 1 spiro atoms. The third-order valence-corrected chi connectivity index (χ3v) is 13.3. The number of anilines is 2. The SMILES string of the molecule is COc1ccc2c(c1)[C@]1(O[C@@H](CCn3cc(C(CO)c4ccccc4)nn3)[C@H]([Si](C)(C)F)[C@H]1C)C(=O)N2Cc1ccc(N2C(=O)CC2OC(C)=O)cc1. The zero-order valence-electron chi connectivity index (χ0n) is 30.4. The van der Waals surface area contributed by atoms with Gasteiger partial charge in [-0.2, -0.15) is 0 Å². The largest absolute Gasteiger partial charge is 0.497 e. The monoisotopic (exact) mass is 741 g/mol. The molecule has 0 aliphatic carbocycles. The van der Waals surface area contributed by atoms with Crippen molar-refractivity contribution < 1.29 is 37.8 Å². The Morgan fingerprint density at radius 1 is 1.11 bits per heavy atom. The Hall–Kier alpha value is -4.92. The Bertz CT molecular complexity index is 2000. The van der Waals surface area contributed by atoms with Gasteiger partial charge in [0.15, 0.2) is 11.8 Å². The van der Waals surface area contributed by atoms with Gasteiger partial charge in [-0.1, -0.05) is 54.6 Å². The van der Waals surface area contributed by atoms with Crippen molar-refractivity contribution >= 4 is 37.6 Å². The molecule has 0 bridgehead atoms. The van der Waals surface area contributed by atoms with E-state index in [1.165, 1.54) is 11.8 Å². The molecule has 0 radical (unpaired) electrons. The van der Waals surface area contributed by atoms with Gasteiger partial charge >= 0.3 is 5.97 Å². The third-order valence-electron chi connectivity index (χ3n) is 10.9. The summed E-state index contributed by atoms with van der Waals surface area (Å²) in [6.07, 6.45) is 1.09. The van der Waals surface area contributed by atoms with Crippen LogP contribution in [0.25, 0.3) is 0 Å². The average molecular weight is 742 g/mol. The Labute approximate surface area is 308 Å². The van der Waals surface area contributed by atoms with Crippen LogP contribution in [0.15, 0.2) is 79.0 Å². The van der Waals surface area contributed by atoms with E-state index in [4.69, 9.17) is 14.2 Å². The second kappa shape index (κ2) is 14.1. The smallest absolute Gasteiger partial charge is 0.304 e. The summed E-state index contributed by atoms with van der Waals surface area (Å²) in [5, 5.41) is 18.8. The molecule has 2 amide bonds. The number of carbonyl (C=O) groups excluding carboxylic acids is 3. The maximum absolute atomic E-state index is 16.4. The van der Waals surface area contributed by atoms with Crippen LogP contribution < -0.4 is 14.5 Å². The van der Waals surface area contributed by atoms with E-state index in [-0.39, 0.29) is 37.3 Å². The summed E-state index contributed by atoms with van der Waals surface area (Å²) >= 11 is 0. The number of carbonyl (C=O) groups is 3. The molecular formula is C39H44FN5O7Si. The summed E-state index contributed by atoms with van der Waals surface area (Å²) in [6.45, 7) is 7.02. The summed E-state index contributed by atoms with van der Waals surface area (Å²) in [6, 6.07) is 22.3. The van der Waals surface area contributed by atoms with Crippen molar-refractivity contribution in [2.75, 3.05) is 23.5 Å². The Morgan fingerprint density at radius 2 is 1.85 bits per heavy atom. The molecule has 278 valence electrons. The van der Waals surface area contributed by atoms with Gasteiger partial charge in [-0.25, -0.2) is 0 Å². The molecule has 3 aliphatic heterocycles. The van der Waals surface area contributed by atoms with Crippen LogP contribution in [-0.4, -0.2) is 72.3 Å². The number of ether oxygens (including phenoxy) is 3. The number of methoxy groups -OCH3 is 1. The molecule has 4 aromatic rings. The minimum atomic E-state index is -3.42. The minimum absolute atomic E-state index is 0.127. The van der Waals surface area contributed by atoms with E-state index in [2.05, 4.69) is 10.3 Å². The van der Waals surface area contributed by atoms with Crippen molar-refractivity contribution in [2.24, 2.45) is 5.92 Å². The molecule has 1 aromatic heterocycles. The first-order valence-corrected chi connectivity index (χ1v) is 20.8. The molecule has 1 N–H and O–H groups in total. The number of amides is 2. The summed E-state index contributed by atoms with van der Waals surface area (Å²) in [5.74, 6) is -1.15. The van der Waals surface area contributed by atoms with Gasteiger partial charge in [0.2, 0.25) is 14.3 Å². The number of fused-ring (bicyclic) bond motifs is 2. The van der Waals surface area contributed by atoms with Crippen LogP contribution in [0, 0.1) is 5.92 Å². The fourth-order valence-corrected chi connectivity index (χ4v) is 10.9. The maximum atomic E-state index is 16.4. The Balaban J connectivity index is 1.15. The van der Waals surface area contributed by atoms with E-state index < -0.39 is 43.8 Å². The van der Waals surface area contributed by atoms with E-state index >= 15 is 4.11 Å². The highest BCUT2D eigenvalue weighted by molar-refractivity contribution is 6.72. The second-order valence-corrected chi connectivity index (χ2v) is 18.4. The first-order valence-electron chi connectivity index (χ1n) is 17.9. The standard InChI is InChI=1S/C39H44FN5O7Si/c1-24-37(53(4,5)40)34(17-18-43-22-32(41-42-43)30(23-46)27-9-7-6-8-10-27)52-39(24)31-19-29(50-3)15-16-33(31)44(38(39)49)21-26-11-13-28(14-12-26)45-35(48)20-36(45)51-25(2)47/h6-16,19,22,24,30,34,36-37,46H,17-18,20-21,23H2,1-5H3/t24-,30?,34+,36?,37-,39+/m1/s1. The summed E-state index contributed by atoms with van der Waals surface area (Å²) in [5.41, 5.74) is 2.29. The third kappa shape index (κ3) is 6.53. The molecule has 2 fully saturated rings. The number of rotatable bonds is 12. The zero-order chi connectivity index (χ0) is 37.7. The number of aliphatic hydroxyl groups is 1. The van der Waals surface area contributed by atoms with Gasteiger partial charge in [-0.3, -0.25) is 24.0 Å². The first kappa shape index (κ1) is 36.4. The number of halogens is 1. The van der Waals surface area contributed by atoms with Gasteiger partial charge in [-0.05, 0) is 61.0 Å². The summed E-state index contributed by atoms with van der Waals surface area (Å²) in [4.78, 5) is 41.8. The van der Waals surface area contributed by atoms with Crippen LogP contribution >= 0.6 is 0 Å². The topological polar surface area (TPSA) is 136 Å². The molecule has 4 heterocycles. The number of aromatic nitrogens is 3. The lowest BCUT2D eigenvalue weighted by atomic mass is 9.82. The fraction of sp³-hybridized carbons (Fsp3) is 0.410. The van der Waals surface area contributed by atoms with Gasteiger partial charge in [-0.15, -0.1) is 5.10 Å². The molecule has 12 nitrogen and oxygen atoms in total. The van der Waals surface area contributed by atoms with E-state index in [9.17, 15) is 19.5 Å². The molecule has 2 saturated heterocycles. The highest BCUT2D eigenvalue weighted by atomic mass is 28.4. The number of hydrogen-bond donors (Lipinski definition) is 1. The molecule has 53 heavy (non-hydrogen) atoms. The van der Waals surface area contributed by atoms with Crippen LogP contribution in [-0.2, 0) is 42.5 Å². The number of esters is 1. The molecule has 7 rings (SSSR count). The number of β-lactam (4-membered cyclic amide) rings is 1. The second-order valence-electron chi connectivity index (χ2n) is 14.6. The van der Waals surface area contributed by atoms with Gasteiger partial charge < -0.3 is 28.3 Å². The summed E-state index contributed by atoms with van der Waals surface area (Å²) in [7, 11) is -1.86. The lowest BCUT2D eigenvalue weighted by Crippen LogP contribution is -2.54. The van der Waals surface area contributed by atoms with Gasteiger partial charge in [0.1, 0.15) is 5.75 Å². The minimum Gasteiger partial charge on any atom is -0.497 e. The summed E-state index contributed by atoms with van der Waals surface area (Å²) < 4.78 is 35.9. The maximum Gasteiger partial charge on any atom is 0.304 e. The van der Waals surface area contributed by atoms with Crippen molar-refractivity contribution in [3.63, 3.8) is 0 Å². The van der Waals surface area contributed by atoms with E-state index in [1.54, 1.807) is 54.2 Å². The Kier molecular flexibility index (Phi) is 9.72. The van der Waals surface area contributed by atoms with Crippen molar-refractivity contribution in [1.82, 2.24) is 15.0 Å². The molecule has 2 unspecified atom stereocenters. The number of hydrogen-bond acceptors (Lipinski definition) is 9. The van der Waals surface area contributed by atoms with Crippen molar-refractivity contribution in [1.29, 1.82) is 0 Å². The zero-order valence-corrected chi connectivity index (χ0v) is 31.4. The molecule has 14 heteroatoms.